The average molecular weight is 296 g/mol. The fraction of sp³-hybridized carbons (Fsp3) is 0.357. The molecule has 1 aromatic carbocycles. The van der Waals surface area contributed by atoms with Gasteiger partial charge < -0.3 is 20.1 Å². The lowest BCUT2D eigenvalue weighted by Crippen LogP contribution is -2.25. The number of aliphatic hydroxyl groups excluding tert-OH is 1. The molecule has 0 saturated heterocycles. The summed E-state index contributed by atoms with van der Waals surface area (Å²) in [6.07, 6.45) is 0. The van der Waals surface area contributed by atoms with Gasteiger partial charge in [-0.15, -0.1) is 0 Å². The zero-order valence-electron chi connectivity index (χ0n) is 11.6. The number of carboxylic acids is 2. The van der Waals surface area contributed by atoms with Crippen LogP contribution >= 0.6 is 0 Å². The Morgan fingerprint density at radius 3 is 2.14 bits per heavy atom. The van der Waals surface area contributed by atoms with Gasteiger partial charge in [-0.05, 0) is 18.2 Å². The number of rotatable bonds is 6. The van der Waals surface area contributed by atoms with Crippen molar-refractivity contribution in [1.82, 2.24) is 0 Å². The molecule has 0 spiro atoms. The first-order chi connectivity index (χ1) is 9.68. The molecule has 0 aliphatic rings. The lowest BCUT2D eigenvalue weighted by atomic mass is 9.96. The Kier molecular flexibility index (Phi) is 5.04. The summed E-state index contributed by atoms with van der Waals surface area (Å²) in [5.41, 5.74) is -1.58. The fourth-order valence-electron chi connectivity index (χ4n) is 1.42. The molecule has 0 aliphatic carbocycles. The van der Waals surface area contributed by atoms with Crippen molar-refractivity contribution in [2.24, 2.45) is 5.41 Å². The van der Waals surface area contributed by atoms with Gasteiger partial charge in [-0.3, -0.25) is 0 Å². The van der Waals surface area contributed by atoms with E-state index >= 15 is 0 Å². The smallest absolute Gasteiger partial charge is 0.338 e. The molecular weight excluding hydrogens is 280 g/mol. The Morgan fingerprint density at radius 2 is 1.67 bits per heavy atom. The summed E-state index contributed by atoms with van der Waals surface area (Å²) >= 11 is 0. The zero-order valence-corrected chi connectivity index (χ0v) is 11.6. The van der Waals surface area contributed by atoms with E-state index < -0.39 is 34.4 Å². The molecule has 7 heteroatoms. The highest BCUT2D eigenvalue weighted by atomic mass is 16.5. The maximum Gasteiger partial charge on any atom is 0.338 e. The predicted molar refractivity (Wildman–Crippen MR) is 71.5 cm³/mol. The molecule has 1 aromatic rings. The number of aromatic carboxylic acids is 2. The molecule has 0 amide bonds. The van der Waals surface area contributed by atoms with Gasteiger partial charge in [0.15, 0.2) is 0 Å². The average Bonchev–Trinajstić information content (AvgIpc) is 2.44. The lowest BCUT2D eigenvalue weighted by Gasteiger charge is -2.20. The second kappa shape index (κ2) is 6.36. The molecule has 0 aliphatic heterocycles. The minimum Gasteiger partial charge on any atom is -0.478 e. The maximum absolute atomic E-state index is 11.8. The number of ether oxygens (including phenoxy) is 1. The molecular formula is C14H16O7. The first-order valence-electron chi connectivity index (χ1n) is 6.06. The SMILES string of the molecule is CC(C)(CO)COC(=O)c1ccc(C(=O)O)c(C(=O)O)c1. The van der Waals surface area contributed by atoms with E-state index in [-0.39, 0.29) is 18.8 Å². The Morgan fingerprint density at radius 1 is 1.10 bits per heavy atom. The lowest BCUT2D eigenvalue weighted by molar-refractivity contribution is 0.0218. The van der Waals surface area contributed by atoms with Crippen LogP contribution in [-0.2, 0) is 4.74 Å². The number of hydrogen-bond acceptors (Lipinski definition) is 5. The minimum atomic E-state index is -1.45. The Balaban J connectivity index is 2.99. The van der Waals surface area contributed by atoms with E-state index in [2.05, 4.69) is 0 Å². The van der Waals surface area contributed by atoms with Crippen LogP contribution in [0.25, 0.3) is 0 Å². The first kappa shape index (κ1) is 16.6. The number of carbonyl (C=O) groups is 3. The summed E-state index contributed by atoms with van der Waals surface area (Å²) in [4.78, 5) is 33.7. The van der Waals surface area contributed by atoms with Crippen LogP contribution in [0.1, 0.15) is 44.9 Å². The van der Waals surface area contributed by atoms with Gasteiger partial charge >= 0.3 is 17.9 Å². The van der Waals surface area contributed by atoms with Crippen molar-refractivity contribution in [2.45, 2.75) is 13.8 Å². The molecule has 1 rings (SSSR count). The van der Waals surface area contributed by atoms with Crippen LogP contribution in [0.4, 0.5) is 0 Å². The summed E-state index contributed by atoms with van der Waals surface area (Å²) in [6, 6.07) is 3.18. The molecule has 0 unspecified atom stereocenters. The quantitative estimate of drug-likeness (QED) is 0.675. The topological polar surface area (TPSA) is 121 Å². The van der Waals surface area contributed by atoms with Crippen molar-refractivity contribution >= 4 is 17.9 Å². The summed E-state index contributed by atoms with van der Waals surface area (Å²) in [6.45, 7) is 3.15. The van der Waals surface area contributed by atoms with Crippen LogP contribution in [0.15, 0.2) is 18.2 Å². The summed E-state index contributed by atoms with van der Waals surface area (Å²) in [5.74, 6) is -3.62. The third-order valence-corrected chi connectivity index (χ3v) is 2.74. The van der Waals surface area contributed by atoms with Gasteiger partial charge in [-0.1, -0.05) is 13.8 Å². The summed E-state index contributed by atoms with van der Waals surface area (Å²) in [7, 11) is 0. The number of aliphatic hydroxyl groups is 1. The second-order valence-electron chi connectivity index (χ2n) is 5.27. The van der Waals surface area contributed by atoms with E-state index in [0.29, 0.717) is 0 Å². The van der Waals surface area contributed by atoms with Gasteiger partial charge in [0, 0.05) is 5.41 Å². The molecule has 0 saturated carbocycles. The molecule has 0 bridgehead atoms. The van der Waals surface area contributed by atoms with Crippen molar-refractivity contribution in [3.63, 3.8) is 0 Å². The van der Waals surface area contributed by atoms with Crippen molar-refractivity contribution in [1.29, 1.82) is 0 Å². The van der Waals surface area contributed by atoms with Gasteiger partial charge in [0.25, 0.3) is 0 Å². The summed E-state index contributed by atoms with van der Waals surface area (Å²) < 4.78 is 4.98. The van der Waals surface area contributed by atoms with Crippen molar-refractivity contribution in [2.75, 3.05) is 13.2 Å². The van der Waals surface area contributed by atoms with Crippen LogP contribution in [0, 0.1) is 5.41 Å². The normalized spacial score (nSPS) is 11.0. The highest BCUT2D eigenvalue weighted by molar-refractivity contribution is 6.03. The summed E-state index contributed by atoms with van der Waals surface area (Å²) in [5, 5.41) is 26.9. The number of carbonyl (C=O) groups excluding carboxylic acids is 1. The van der Waals surface area contributed by atoms with Crippen molar-refractivity contribution < 1.29 is 34.4 Å². The van der Waals surface area contributed by atoms with Gasteiger partial charge in [0.05, 0.1) is 29.9 Å². The van der Waals surface area contributed by atoms with Gasteiger partial charge in [-0.25, -0.2) is 14.4 Å². The van der Waals surface area contributed by atoms with Crippen LogP contribution in [0.3, 0.4) is 0 Å². The van der Waals surface area contributed by atoms with Gasteiger partial charge in [0.1, 0.15) is 0 Å². The number of benzene rings is 1. The Bertz CT molecular complexity index is 575. The third kappa shape index (κ3) is 4.28. The van der Waals surface area contributed by atoms with Gasteiger partial charge in [-0.2, -0.15) is 0 Å². The maximum atomic E-state index is 11.8. The molecule has 0 aromatic heterocycles. The first-order valence-corrected chi connectivity index (χ1v) is 6.06. The number of esters is 1. The Hall–Kier alpha value is -2.41. The molecule has 0 heterocycles. The predicted octanol–water partition coefficient (Wildman–Crippen LogP) is 1.26. The molecule has 3 N–H and O–H groups in total. The molecule has 0 atom stereocenters. The molecule has 7 nitrogen and oxygen atoms in total. The second-order valence-corrected chi connectivity index (χ2v) is 5.27. The molecule has 0 fully saturated rings. The van der Waals surface area contributed by atoms with Crippen LogP contribution in [0.5, 0.6) is 0 Å². The van der Waals surface area contributed by atoms with E-state index in [1.165, 1.54) is 6.07 Å². The Labute approximate surface area is 120 Å². The van der Waals surface area contributed by atoms with E-state index in [0.717, 1.165) is 12.1 Å². The number of carboxylic acid groups (broad SMARTS) is 2. The minimum absolute atomic E-state index is 0.0502. The number of hydrogen-bond donors (Lipinski definition) is 3. The molecule has 0 radical (unpaired) electrons. The van der Waals surface area contributed by atoms with E-state index in [1.807, 2.05) is 0 Å². The van der Waals surface area contributed by atoms with E-state index in [9.17, 15) is 14.4 Å². The fourth-order valence-corrected chi connectivity index (χ4v) is 1.42. The standard InChI is InChI=1S/C14H16O7/c1-14(2,6-15)7-21-13(20)8-3-4-9(11(16)17)10(5-8)12(18)19/h3-5,15H,6-7H2,1-2H3,(H,16,17)(H,18,19). The highest BCUT2D eigenvalue weighted by Crippen LogP contribution is 2.17. The highest BCUT2D eigenvalue weighted by Gasteiger charge is 2.22. The van der Waals surface area contributed by atoms with Crippen molar-refractivity contribution in [3.05, 3.63) is 34.9 Å². The van der Waals surface area contributed by atoms with Crippen LogP contribution < -0.4 is 0 Å². The largest absolute Gasteiger partial charge is 0.478 e. The third-order valence-electron chi connectivity index (χ3n) is 2.74. The molecule has 21 heavy (non-hydrogen) atoms. The monoisotopic (exact) mass is 296 g/mol. The van der Waals surface area contributed by atoms with Crippen molar-refractivity contribution in [3.8, 4) is 0 Å². The molecule has 114 valence electrons. The zero-order chi connectivity index (χ0) is 16.2. The van der Waals surface area contributed by atoms with Crippen LogP contribution in [-0.4, -0.2) is 46.4 Å². The van der Waals surface area contributed by atoms with Crippen LogP contribution in [0.2, 0.25) is 0 Å². The van der Waals surface area contributed by atoms with E-state index in [4.69, 9.17) is 20.1 Å². The van der Waals surface area contributed by atoms with Gasteiger partial charge in [0.2, 0.25) is 0 Å². The van der Waals surface area contributed by atoms with E-state index in [1.54, 1.807) is 13.8 Å².